The fraction of sp³-hybridized carbons (Fsp3) is 0.158. The van der Waals surface area contributed by atoms with Gasteiger partial charge in [-0.15, -0.1) is 0 Å². The third-order valence-electron chi connectivity index (χ3n) is 3.94. The van der Waals surface area contributed by atoms with Gasteiger partial charge in [-0.3, -0.25) is 0 Å². The molecule has 0 amide bonds. The molecule has 0 saturated heterocycles. The Hall–Kier alpha value is -3.33. The molecule has 6 nitrogen and oxygen atoms in total. The number of rotatable bonds is 5. The summed E-state index contributed by atoms with van der Waals surface area (Å²) in [4.78, 5) is 3.36. The zero-order valence-corrected chi connectivity index (χ0v) is 14.9. The molecule has 0 unspecified atom stereocenters. The predicted molar refractivity (Wildman–Crippen MR) is 97.8 cm³/mol. The third kappa shape index (κ3) is 4.68. The van der Waals surface area contributed by atoms with Gasteiger partial charge in [-0.05, 0) is 18.1 Å². The summed E-state index contributed by atoms with van der Waals surface area (Å²) < 4.78 is 41.9. The Morgan fingerprint density at radius 1 is 1.11 bits per heavy atom. The van der Waals surface area contributed by atoms with Gasteiger partial charge in [0.2, 0.25) is 5.82 Å². The minimum atomic E-state index is -4.67. The van der Waals surface area contributed by atoms with Gasteiger partial charge in [0.1, 0.15) is 0 Å². The largest absolute Gasteiger partial charge is 0.471 e. The highest BCUT2D eigenvalue weighted by Crippen LogP contribution is 2.29. The van der Waals surface area contributed by atoms with Crippen molar-refractivity contribution < 1.29 is 17.7 Å². The van der Waals surface area contributed by atoms with Crippen LogP contribution in [0.4, 0.5) is 13.2 Å². The Kier molecular flexibility index (Phi) is 5.36. The Labute approximate surface area is 159 Å². The molecule has 1 heterocycles. The van der Waals surface area contributed by atoms with E-state index in [0.29, 0.717) is 17.8 Å². The van der Waals surface area contributed by atoms with E-state index in [2.05, 4.69) is 14.7 Å². The summed E-state index contributed by atoms with van der Waals surface area (Å²) >= 11 is 0. The third-order valence-corrected chi connectivity index (χ3v) is 3.94. The van der Waals surface area contributed by atoms with Crippen LogP contribution < -0.4 is 11.6 Å². The number of aromatic nitrogens is 2. The molecule has 1 aromatic heterocycles. The van der Waals surface area contributed by atoms with Crippen molar-refractivity contribution in [1.82, 2.24) is 15.1 Å². The van der Waals surface area contributed by atoms with Crippen LogP contribution in [0.5, 0.6) is 0 Å². The lowest BCUT2D eigenvalue weighted by Crippen LogP contribution is -2.25. The Balaban J connectivity index is 1.67. The summed E-state index contributed by atoms with van der Waals surface area (Å²) in [5.74, 6) is 4.48. The maximum atomic E-state index is 12.5. The molecular weight excluding hydrogens is 371 g/mol. The zero-order valence-electron chi connectivity index (χ0n) is 14.9. The lowest BCUT2D eigenvalue weighted by atomic mass is 10.1. The number of hydrazine groups is 1. The van der Waals surface area contributed by atoms with Crippen molar-refractivity contribution >= 4 is 5.70 Å². The Bertz CT molecular complexity index is 962. The topological polar surface area (TPSA) is 94.2 Å². The lowest BCUT2D eigenvalue weighted by Gasteiger charge is -2.15. The van der Waals surface area contributed by atoms with Gasteiger partial charge in [-0.1, -0.05) is 59.3 Å². The van der Waals surface area contributed by atoms with E-state index in [4.69, 9.17) is 11.6 Å². The van der Waals surface area contributed by atoms with Crippen molar-refractivity contribution in [2.75, 3.05) is 0 Å². The first kappa shape index (κ1) is 19.4. The van der Waals surface area contributed by atoms with E-state index in [9.17, 15) is 13.2 Å². The van der Waals surface area contributed by atoms with Gasteiger partial charge in [-0.2, -0.15) is 18.2 Å². The molecule has 28 heavy (non-hydrogen) atoms. The van der Waals surface area contributed by atoms with Crippen LogP contribution in [0.15, 0.2) is 59.3 Å². The summed E-state index contributed by atoms with van der Waals surface area (Å²) in [7, 11) is 0. The maximum absolute atomic E-state index is 12.5. The molecule has 3 rings (SSSR count). The summed E-state index contributed by atoms with van der Waals surface area (Å²) in [5.41, 5.74) is 9.80. The fourth-order valence-corrected chi connectivity index (χ4v) is 2.47. The van der Waals surface area contributed by atoms with E-state index < -0.39 is 12.1 Å². The number of hydrogen-bond acceptors (Lipinski definition) is 6. The number of nitrogens with two attached hydrogens (primary N) is 2. The molecule has 0 saturated carbocycles. The number of halogens is 3. The van der Waals surface area contributed by atoms with Crippen LogP contribution >= 0.6 is 0 Å². The number of aryl methyl sites for hydroxylation is 1. The maximum Gasteiger partial charge on any atom is 0.471 e. The fourth-order valence-electron chi connectivity index (χ4n) is 2.47. The second-order valence-corrected chi connectivity index (χ2v) is 6.24. The first-order valence-electron chi connectivity index (χ1n) is 8.28. The summed E-state index contributed by atoms with van der Waals surface area (Å²) in [6, 6.07) is 14.4. The average Bonchev–Trinajstić information content (AvgIpc) is 3.13. The van der Waals surface area contributed by atoms with Crippen LogP contribution in [0, 0.1) is 6.92 Å². The minimum absolute atomic E-state index is 0.132. The van der Waals surface area contributed by atoms with Crippen LogP contribution in [-0.4, -0.2) is 15.1 Å². The van der Waals surface area contributed by atoms with E-state index in [1.807, 2.05) is 31.2 Å². The van der Waals surface area contributed by atoms with Crippen LogP contribution in [0.25, 0.3) is 17.1 Å². The van der Waals surface area contributed by atoms with Gasteiger partial charge in [0, 0.05) is 11.8 Å². The Morgan fingerprint density at radius 3 is 2.32 bits per heavy atom. The van der Waals surface area contributed by atoms with Crippen molar-refractivity contribution in [3.05, 3.63) is 77.3 Å². The van der Waals surface area contributed by atoms with Crippen LogP contribution in [0.3, 0.4) is 0 Å². The van der Waals surface area contributed by atoms with E-state index in [0.717, 1.165) is 16.7 Å². The molecule has 0 aliphatic rings. The van der Waals surface area contributed by atoms with Crippen molar-refractivity contribution in [3.63, 3.8) is 0 Å². The first-order chi connectivity index (χ1) is 13.2. The van der Waals surface area contributed by atoms with E-state index in [-0.39, 0.29) is 5.82 Å². The first-order valence-corrected chi connectivity index (χ1v) is 8.28. The summed E-state index contributed by atoms with van der Waals surface area (Å²) in [5, 5.41) is 4.79. The van der Waals surface area contributed by atoms with E-state index in [1.165, 1.54) is 5.01 Å². The molecule has 146 valence electrons. The minimum Gasteiger partial charge on any atom is -0.397 e. The van der Waals surface area contributed by atoms with Gasteiger partial charge in [-0.25, -0.2) is 5.84 Å². The molecule has 0 aliphatic heterocycles. The van der Waals surface area contributed by atoms with Crippen molar-refractivity contribution in [2.45, 2.75) is 19.6 Å². The molecular formula is C19H18F3N5O. The molecule has 0 atom stereocenters. The monoisotopic (exact) mass is 389 g/mol. The van der Waals surface area contributed by atoms with Gasteiger partial charge in [0.05, 0.1) is 12.2 Å². The van der Waals surface area contributed by atoms with Gasteiger partial charge in [0.15, 0.2) is 0 Å². The average molecular weight is 389 g/mol. The standard InChI is InChI=1S/C19H18F3N5O/c1-12-2-6-14(7-3-12)16(23)11-27(24)10-13-4-8-15(9-5-13)17-25-18(28-26-17)19(20,21)22/h2-9,11H,10,23-24H2,1H3/b16-11-. The molecule has 0 fully saturated rings. The molecule has 0 spiro atoms. The van der Waals surface area contributed by atoms with Crippen LogP contribution in [0.2, 0.25) is 0 Å². The van der Waals surface area contributed by atoms with Gasteiger partial charge >= 0.3 is 12.1 Å². The Morgan fingerprint density at radius 2 is 1.75 bits per heavy atom. The number of benzene rings is 2. The SMILES string of the molecule is Cc1ccc(/C(N)=C/N(N)Cc2ccc(-c3noc(C(F)(F)F)n3)cc2)cc1. The molecule has 4 N–H and O–H groups in total. The molecule has 0 bridgehead atoms. The summed E-state index contributed by atoms with van der Waals surface area (Å²) in [6.45, 7) is 2.34. The van der Waals surface area contributed by atoms with Crippen molar-refractivity contribution in [3.8, 4) is 11.4 Å². The summed E-state index contributed by atoms with van der Waals surface area (Å²) in [6.07, 6.45) is -3.05. The molecule has 0 aliphatic carbocycles. The van der Waals surface area contributed by atoms with Crippen LogP contribution in [-0.2, 0) is 12.7 Å². The second-order valence-electron chi connectivity index (χ2n) is 6.24. The van der Waals surface area contributed by atoms with E-state index in [1.54, 1.807) is 30.5 Å². The molecule has 3 aromatic rings. The number of alkyl halides is 3. The quantitative estimate of drug-likeness (QED) is 0.510. The van der Waals surface area contributed by atoms with Crippen molar-refractivity contribution in [1.29, 1.82) is 0 Å². The van der Waals surface area contributed by atoms with Gasteiger partial charge < -0.3 is 15.3 Å². The second kappa shape index (κ2) is 7.73. The zero-order chi connectivity index (χ0) is 20.3. The number of hydrogen-bond donors (Lipinski definition) is 2. The smallest absolute Gasteiger partial charge is 0.397 e. The predicted octanol–water partition coefficient (Wildman–Crippen LogP) is 3.70. The van der Waals surface area contributed by atoms with Crippen molar-refractivity contribution in [2.24, 2.45) is 11.6 Å². The number of nitrogens with zero attached hydrogens (tertiary/aromatic N) is 3. The van der Waals surface area contributed by atoms with Crippen LogP contribution in [0.1, 0.15) is 22.6 Å². The highest BCUT2D eigenvalue weighted by atomic mass is 19.4. The molecule has 0 radical (unpaired) electrons. The van der Waals surface area contributed by atoms with E-state index >= 15 is 0 Å². The van der Waals surface area contributed by atoms with Gasteiger partial charge in [0.25, 0.3) is 0 Å². The highest BCUT2D eigenvalue weighted by Gasteiger charge is 2.38. The molecule has 2 aromatic carbocycles. The normalized spacial score (nSPS) is 12.2. The highest BCUT2D eigenvalue weighted by molar-refractivity contribution is 5.62. The lowest BCUT2D eigenvalue weighted by molar-refractivity contribution is -0.159. The molecule has 9 heteroatoms.